The number of nitrogen functional groups attached to an aromatic ring is 1. The number of anilines is 1. The van der Waals surface area contributed by atoms with Gasteiger partial charge >= 0.3 is 0 Å². The fourth-order valence-electron chi connectivity index (χ4n) is 1.20. The molecule has 0 unspecified atom stereocenters. The van der Waals surface area contributed by atoms with E-state index in [-0.39, 0.29) is 5.95 Å². The lowest BCUT2D eigenvalue weighted by molar-refractivity contribution is 0.413. The predicted molar refractivity (Wildman–Crippen MR) is 58.2 cm³/mol. The number of ether oxygens (including phenoxy) is 1. The first-order valence-electron chi connectivity index (χ1n) is 3.96. The van der Waals surface area contributed by atoms with E-state index in [4.69, 9.17) is 10.5 Å². The topological polar surface area (TPSA) is 61.0 Å². The first-order valence-corrected chi connectivity index (χ1v) is 4.76. The van der Waals surface area contributed by atoms with Crippen LogP contribution in [0.25, 0.3) is 10.9 Å². The Labute approximate surface area is 89.2 Å². The van der Waals surface area contributed by atoms with Crippen molar-refractivity contribution in [1.29, 1.82) is 0 Å². The van der Waals surface area contributed by atoms with E-state index in [1.807, 2.05) is 12.1 Å². The second-order valence-electron chi connectivity index (χ2n) is 2.77. The summed E-state index contributed by atoms with van der Waals surface area (Å²) in [6, 6.07) is 3.71. The molecule has 1 aromatic carbocycles. The third-order valence-corrected chi connectivity index (χ3v) is 2.49. The summed E-state index contributed by atoms with van der Waals surface area (Å²) in [6.07, 6.45) is 1.67. The molecule has 0 amide bonds. The smallest absolute Gasteiger partial charge is 0.220 e. The highest BCUT2D eigenvalue weighted by molar-refractivity contribution is 9.10. The zero-order valence-corrected chi connectivity index (χ0v) is 9.08. The Bertz CT molecular complexity index is 487. The molecule has 72 valence electrons. The van der Waals surface area contributed by atoms with Gasteiger partial charge < -0.3 is 10.5 Å². The summed E-state index contributed by atoms with van der Waals surface area (Å²) < 4.78 is 6.00. The molecule has 0 fully saturated rings. The molecule has 0 bridgehead atoms. The van der Waals surface area contributed by atoms with Crippen molar-refractivity contribution in [3.63, 3.8) is 0 Å². The standard InChI is InChI=1S/C9H8BrN3O/c1-14-8-2-5-4-12-9(11)13-7(5)3-6(8)10/h2-4H,1H3,(H2,11,12,13). The molecule has 5 heteroatoms. The molecule has 1 aromatic heterocycles. The second kappa shape index (κ2) is 3.42. The molecule has 0 aliphatic heterocycles. The van der Waals surface area contributed by atoms with E-state index in [0.717, 1.165) is 21.1 Å². The van der Waals surface area contributed by atoms with Crippen LogP contribution in [0.5, 0.6) is 5.75 Å². The van der Waals surface area contributed by atoms with Gasteiger partial charge in [-0.3, -0.25) is 0 Å². The van der Waals surface area contributed by atoms with Crippen LogP contribution in [0.3, 0.4) is 0 Å². The maximum absolute atomic E-state index is 5.48. The molecule has 2 aromatic rings. The van der Waals surface area contributed by atoms with Crippen molar-refractivity contribution in [1.82, 2.24) is 9.97 Å². The zero-order chi connectivity index (χ0) is 10.1. The SMILES string of the molecule is COc1cc2cnc(N)nc2cc1Br. The minimum atomic E-state index is 0.273. The first-order chi connectivity index (χ1) is 6.70. The molecule has 4 nitrogen and oxygen atoms in total. The van der Waals surface area contributed by atoms with Crippen molar-refractivity contribution >= 4 is 32.8 Å². The lowest BCUT2D eigenvalue weighted by atomic mass is 10.2. The molecule has 0 aliphatic carbocycles. The Morgan fingerprint density at radius 2 is 2.21 bits per heavy atom. The Kier molecular flexibility index (Phi) is 2.25. The third kappa shape index (κ3) is 1.50. The number of methoxy groups -OCH3 is 1. The number of nitrogens with two attached hydrogens (primary N) is 1. The van der Waals surface area contributed by atoms with Gasteiger partial charge in [0.15, 0.2) is 0 Å². The van der Waals surface area contributed by atoms with Crippen LogP contribution in [0, 0.1) is 0 Å². The van der Waals surface area contributed by atoms with Crippen LogP contribution in [0.15, 0.2) is 22.8 Å². The van der Waals surface area contributed by atoms with E-state index in [1.54, 1.807) is 13.3 Å². The molecular weight excluding hydrogens is 246 g/mol. The molecule has 0 radical (unpaired) electrons. The van der Waals surface area contributed by atoms with Crippen molar-refractivity contribution in [2.24, 2.45) is 0 Å². The summed E-state index contributed by atoms with van der Waals surface area (Å²) in [7, 11) is 1.62. The van der Waals surface area contributed by atoms with Crippen LogP contribution in [0.1, 0.15) is 0 Å². The quantitative estimate of drug-likeness (QED) is 0.845. The fraction of sp³-hybridized carbons (Fsp3) is 0.111. The Balaban J connectivity index is 2.73. The Hall–Kier alpha value is -1.36. The minimum Gasteiger partial charge on any atom is -0.496 e. The van der Waals surface area contributed by atoms with Crippen LogP contribution >= 0.6 is 15.9 Å². The van der Waals surface area contributed by atoms with Crippen LogP contribution in [-0.2, 0) is 0 Å². The van der Waals surface area contributed by atoms with Crippen molar-refractivity contribution < 1.29 is 4.74 Å². The van der Waals surface area contributed by atoms with Crippen molar-refractivity contribution in [3.05, 3.63) is 22.8 Å². The predicted octanol–water partition coefficient (Wildman–Crippen LogP) is 1.98. The summed E-state index contributed by atoms with van der Waals surface area (Å²) in [5.41, 5.74) is 6.27. The number of rotatable bonds is 1. The highest BCUT2D eigenvalue weighted by Crippen LogP contribution is 2.29. The molecule has 0 atom stereocenters. The minimum absolute atomic E-state index is 0.273. The van der Waals surface area contributed by atoms with Gasteiger partial charge in [0.1, 0.15) is 5.75 Å². The number of halogens is 1. The maximum Gasteiger partial charge on any atom is 0.220 e. The van der Waals surface area contributed by atoms with Gasteiger partial charge in [0.25, 0.3) is 0 Å². The van der Waals surface area contributed by atoms with Gasteiger partial charge in [0.05, 0.1) is 17.1 Å². The molecule has 0 aliphatic rings. The lowest BCUT2D eigenvalue weighted by Crippen LogP contribution is -1.94. The molecule has 2 N–H and O–H groups in total. The number of hydrogen-bond acceptors (Lipinski definition) is 4. The highest BCUT2D eigenvalue weighted by atomic mass is 79.9. The van der Waals surface area contributed by atoms with Crippen LogP contribution < -0.4 is 10.5 Å². The van der Waals surface area contributed by atoms with E-state index in [0.29, 0.717) is 0 Å². The number of hydrogen-bond donors (Lipinski definition) is 1. The monoisotopic (exact) mass is 253 g/mol. The van der Waals surface area contributed by atoms with E-state index < -0.39 is 0 Å². The maximum atomic E-state index is 5.48. The molecule has 1 heterocycles. The average Bonchev–Trinajstić information content (AvgIpc) is 2.16. The van der Waals surface area contributed by atoms with Gasteiger partial charge in [0.2, 0.25) is 5.95 Å². The van der Waals surface area contributed by atoms with E-state index in [1.165, 1.54) is 0 Å². The molecule has 0 saturated carbocycles. The average molecular weight is 254 g/mol. The van der Waals surface area contributed by atoms with E-state index >= 15 is 0 Å². The van der Waals surface area contributed by atoms with E-state index in [9.17, 15) is 0 Å². The number of aromatic nitrogens is 2. The van der Waals surface area contributed by atoms with Crippen LogP contribution in [0.4, 0.5) is 5.95 Å². The molecule has 14 heavy (non-hydrogen) atoms. The summed E-state index contributed by atoms with van der Waals surface area (Å²) >= 11 is 3.38. The molecule has 0 saturated heterocycles. The number of nitrogens with zero attached hydrogens (tertiary/aromatic N) is 2. The summed E-state index contributed by atoms with van der Waals surface area (Å²) in [6.45, 7) is 0. The summed E-state index contributed by atoms with van der Waals surface area (Å²) in [5, 5.41) is 0.902. The van der Waals surface area contributed by atoms with Gasteiger partial charge in [-0.2, -0.15) is 0 Å². The fourth-order valence-corrected chi connectivity index (χ4v) is 1.70. The van der Waals surface area contributed by atoms with Crippen molar-refractivity contribution in [2.75, 3.05) is 12.8 Å². The third-order valence-electron chi connectivity index (χ3n) is 1.87. The van der Waals surface area contributed by atoms with Gasteiger partial charge in [-0.25, -0.2) is 9.97 Å². The van der Waals surface area contributed by atoms with Gasteiger partial charge in [-0.15, -0.1) is 0 Å². The lowest BCUT2D eigenvalue weighted by Gasteiger charge is -2.04. The van der Waals surface area contributed by atoms with Crippen LogP contribution in [0.2, 0.25) is 0 Å². The second-order valence-corrected chi connectivity index (χ2v) is 3.63. The number of fused-ring (bicyclic) bond motifs is 1. The molecular formula is C9H8BrN3O. The molecule has 2 rings (SSSR count). The largest absolute Gasteiger partial charge is 0.496 e. The van der Waals surface area contributed by atoms with Crippen molar-refractivity contribution in [2.45, 2.75) is 0 Å². The highest BCUT2D eigenvalue weighted by Gasteiger charge is 2.04. The van der Waals surface area contributed by atoms with Crippen molar-refractivity contribution in [3.8, 4) is 5.75 Å². The first kappa shape index (κ1) is 9.21. The number of benzene rings is 1. The van der Waals surface area contributed by atoms with Gasteiger partial charge in [-0.1, -0.05) is 0 Å². The van der Waals surface area contributed by atoms with Gasteiger partial charge in [-0.05, 0) is 28.1 Å². The normalized spacial score (nSPS) is 10.4. The molecule has 0 spiro atoms. The van der Waals surface area contributed by atoms with E-state index in [2.05, 4.69) is 25.9 Å². The Morgan fingerprint density at radius 3 is 2.93 bits per heavy atom. The van der Waals surface area contributed by atoms with Gasteiger partial charge in [0, 0.05) is 11.6 Å². The Morgan fingerprint density at radius 1 is 1.43 bits per heavy atom. The van der Waals surface area contributed by atoms with Crippen LogP contribution in [-0.4, -0.2) is 17.1 Å². The summed E-state index contributed by atoms with van der Waals surface area (Å²) in [4.78, 5) is 8.00. The zero-order valence-electron chi connectivity index (χ0n) is 7.49. The summed E-state index contributed by atoms with van der Waals surface area (Å²) in [5.74, 6) is 1.03.